The van der Waals surface area contributed by atoms with E-state index in [0.29, 0.717) is 40.9 Å². The predicted octanol–water partition coefficient (Wildman–Crippen LogP) is 5.10. The zero-order chi connectivity index (χ0) is 25.4. The highest BCUT2D eigenvalue weighted by Gasteiger charge is 2.47. The number of nitrogens with zero attached hydrogens (tertiary/aromatic N) is 1. The van der Waals surface area contributed by atoms with E-state index < -0.39 is 17.7 Å². The first-order chi connectivity index (χ1) is 17.4. The summed E-state index contributed by atoms with van der Waals surface area (Å²) in [5.41, 5.74) is 1.24. The van der Waals surface area contributed by atoms with E-state index in [1.54, 1.807) is 54.6 Å². The second-order valence-corrected chi connectivity index (χ2v) is 8.47. The molecule has 0 saturated carbocycles. The van der Waals surface area contributed by atoms with Crippen molar-refractivity contribution in [3.63, 3.8) is 0 Å². The molecular formula is C27H22ClNO7. The molecule has 2 aliphatic heterocycles. The van der Waals surface area contributed by atoms with Crippen LogP contribution in [0.2, 0.25) is 5.02 Å². The van der Waals surface area contributed by atoms with Gasteiger partial charge in [-0.2, -0.15) is 0 Å². The van der Waals surface area contributed by atoms with E-state index in [4.69, 9.17) is 30.5 Å². The van der Waals surface area contributed by atoms with Gasteiger partial charge in [0.05, 0.1) is 30.4 Å². The molecule has 2 aliphatic rings. The molecule has 1 N–H and O–H groups in total. The number of hydrogen-bond donors (Lipinski definition) is 1. The molecule has 0 radical (unpaired) electrons. The predicted molar refractivity (Wildman–Crippen MR) is 133 cm³/mol. The van der Waals surface area contributed by atoms with Gasteiger partial charge in [-0.15, -0.1) is 0 Å². The van der Waals surface area contributed by atoms with Crippen molar-refractivity contribution in [3.05, 3.63) is 82.4 Å². The monoisotopic (exact) mass is 507 g/mol. The van der Waals surface area contributed by atoms with Crippen LogP contribution in [-0.4, -0.2) is 37.3 Å². The maximum Gasteiger partial charge on any atom is 0.300 e. The molecule has 0 bridgehead atoms. The number of ether oxygens (including phenoxy) is 4. The minimum atomic E-state index is -0.915. The number of aliphatic hydroxyl groups excluding tert-OH is 1. The average molecular weight is 508 g/mol. The maximum absolute atomic E-state index is 13.4. The first kappa shape index (κ1) is 23.6. The second kappa shape index (κ2) is 9.47. The smallest absolute Gasteiger partial charge is 0.300 e. The van der Waals surface area contributed by atoms with Gasteiger partial charge in [0.25, 0.3) is 11.7 Å². The number of amides is 1. The molecule has 0 aromatic heterocycles. The number of Topliss-reactive ketones (excluding diaryl/α,β-unsaturated/α-hetero) is 1. The Labute approximate surface area is 212 Å². The highest BCUT2D eigenvalue weighted by molar-refractivity contribution is 6.51. The van der Waals surface area contributed by atoms with Crippen molar-refractivity contribution >= 4 is 34.7 Å². The Morgan fingerprint density at radius 2 is 1.81 bits per heavy atom. The summed E-state index contributed by atoms with van der Waals surface area (Å²) in [7, 11) is 1.48. The number of carbonyl (C=O) groups excluding carboxylic acids is 2. The first-order valence-electron chi connectivity index (χ1n) is 11.2. The fourth-order valence-corrected chi connectivity index (χ4v) is 4.59. The van der Waals surface area contributed by atoms with Gasteiger partial charge in [-0.05, 0) is 55.0 Å². The van der Waals surface area contributed by atoms with Crippen LogP contribution >= 0.6 is 11.6 Å². The topological polar surface area (TPSA) is 94.5 Å². The van der Waals surface area contributed by atoms with Crippen LogP contribution in [0.5, 0.6) is 23.0 Å². The number of benzene rings is 3. The number of aliphatic hydroxyl groups is 1. The van der Waals surface area contributed by atoms with Gasteiger partial charge in [0.2, 0.25) is 6.79 Å². The van der Waals surface area contributed by atoms with E-state index in [1.807, 2.05) is 6.92 Å². The summed E-state index contributed by atoms with van der Waals surface area (Å²) < 4.78 is 21.6. The summed E-state index contributed by atoms with van der Waals surface area (Å²) in [5, 5.41) is 11.6. The van der Waals surface area contributed by atoms with Crippen LogP contribution in [0, 0.1) is 0 Å². The maximum atomic E-state index is 13.4. The van der Waals surface area contributed by atoms with Crippen LogP contribution in [-0.2, 0) is 9.59 Å². The molecule has 1 fully saturated rings. The summed E-state index contributed by atoms with van der Waals surface area (Å²) in [6, 6.07) is 15.7. The summed E-state index contributed by atoms with van der Waals surface area (Å²) in [6.07, 6.45) is 0. The number of halogens is 1. The van der Waals surface area contributed by atoms with Gasteiger partial charge in [-0.1, -0.05) is 23.7 Å². The Hall–Kier alpha value is -4.17. The van der Waals surface area contributed by atoms with E-state index in [9.17, 15) is 14.7 Å². The van der Waals surface area contributed by atoms with Crippen LogP contribution in [0.3, 0.4) is 0 Å². The van der Waals surface area contributed by atoms with E-state index in [2.05, 4.69) is 0 Å². The van der Waals surface area contributed by atoms with Gasteiger partial charge in [0, 0.05) is 17.3 Å². The highest BCUT2D eigenvalue weighted by Crippen LogP contribution is 2.45. The van der Waals surface area contributed by atoms with Crippen LogP contribution < -0.4 is 23.8 Å². The van der Waals surface area contributed by atoms with Crippen molar-refractivity contribution in [1.82, 2.24) is 0 Å². The van der Waals surface area contributed by atoms with Crippen LogP contribution in [0.15, 0.2) is 66.2 Å². The fourth-order valence-electron chi connectivity index (χ4n) is 4.33. The van der Waals surface area contributed by atoms with Gasteiger partial charge < -0.3 is 24.1 Å². The summed E-state index contributed by atoms with van der Waals surface area (Å²) in [5.74, 6) is 0.104. The third kappa shape index (κ3) is 3.99. The molecule has 0 aliphatic carbocycles. The summed E-state index contributed by atoms with van der Waals surface area (Å²) >= 11 is 6.26. The molecule has 8 nitrogen and oxygen atoms in total. The van der Waals surface area contributed by atoms with Gasteiger partial charge in [0.1, 0.15) is 17.3 Å². The summed E-state index contributed by atoms with van der Waals surface area (Å²) in [4.78, 5) is 28.1. The van der Waals surface area contributed by atoms with Gasteiger partial charge >= 0.3 is 0 Å². The van der Waals surface area contributed by atoms with Crippen LogP contribution in [0.4, 0.5) is 5.69 Å². The average Bonchev–Trinajstić information content (AvgIpc) is 3.46. The number of methoxy groups -OCH3 is 1. The highest BCUT2D eigenvalue weighted by atomic mass is 35.5. The Morgan fingerprint density at radius 1 is 1.06 bits per heavy atom. The number of ketones is 1. The standard InChI is InChI=1S/C27H22ClNO7/c1-3-34-18-8-4-15(5-9-18)24-23(25(30)16-6-10-20(33-2)19(28)12-16)26(31)27(32)29(24)17-7-11-21-22(13-17)36-14-35-21/h4-13,24,30H,3,14H2,1-2H3/b25-23+. The largest absolute Gasteiger partial charge is 0.507 e. The molecule has 5 rings (SSSR count). The number of anilines is 1. The van der Waals surface area contributed by atoms with Crippen molar-refractivity contribution in [2.75, 3.05) is 25.4 Å². The second-order valence-electron chi connectivity index (χ2n) is 8.06. The van der Waals surface area contributed by atoms with Gasteiger partial charge in [-0.3, -0.25) is 14.5 Å². The molecular weight excluding hydrogens is 486 g/mol. The van der Waals surface area contributed by atoms with Crippen molar-refractivity contribution in [2.45, 2.75) is 13.0 Å². The number of rotatable bonds is 6. The molecule has 184 valence electrons. The quantitative estimate of drug-likeness (QED) is 0.282. The van der Waals surface area contributed by atoms with E-state index >= 15 is 0 Å². The molecule has 1 amide bonds. The molecule has 3 aromatic carbocycles. The van der Waals surface area contributed by atoms with Crippen molar-refractivity contribution < 1.29 is 33.6 Å². The van der Waals surface area contributed by atoms with Crippen LogP contribution in [0.1, 0.15) is 24.1 Å². The SMILES string of the molecule is CCOc1ccc(C2/C(=C(\O)c3ccc(OC)c(Cl)c3)C(=O)C(=O)N2c2ccc3c(c2)OCO3)cc1. The van der Waals surface area contributed by atoms with Gasteiger partial charge in [-0.25, -0.2) is 0 Å². The van der Waals surface area contributed by atoms with Crippen molar-refractivity contribution in [3.8, 4) is 23.0 Å². The van der Waals surface area contributed by atoms with Crippen molar-refractivity contribution in [1.29, 1.82) is 0 Å². The third-order valence-corrected chi connectivity index (χ3v) is 6.31. The fraction of sp³-hybridized carbons (Fsp3) is 0.185. The lowest BCUT2D eigenvalue weighted by molar-refractivity contribution is -0.132. The molecule has 2 heterocycles. The minimum Gasteiger partial charge on any atom is -0.507 e. The molecule has 1 unspecified atom stereocenters. The molecule has 3 aromatic rings. The minimum absolute atomic E-state index is 0.0666. The lowest BCUT2D eigenvalue weighted by Gasteiger charge is -2.25. The number of fused-ring (bicyclic) bond motifs is 1. The van der Waals surface area contributed by atoms with E-state index in [1.165, 1.54) is 18.1 Å². The number of carbonyl (C=O) groups is 2. The molecule has 0 spiro atoms. The van der Waals surface area contributed by atoms with Crippen LogP contribution in [0.25, 0.3) is 5.76 Å². The normalized spacial score (nSPS) is 18.0. The van der Waals surface area contributed by atoms with Gasteiger partial charge in [0.15, 0.2) is 11.5 Å². The van der Waals surface area contributed by atoms with E-state index in [0.717, 1.165) is 0 Å². The Kier molecular flexibility index (Phi) is 6.20. The Bertz CT molecular complexity index is 1380. The Morgan fingerprint density at radius 3 is 2.50 bits per heavy atom. The zero-order valence-electron chi connectivity index (χ0n) is 19.5. The zero-order valence-corrected chi connectivity index (χ0v) is 20.2. The van der Waals surface area contributed by atoms with E-state index in [-0.39, 0.29) is 28.7 Å². The van der Waals surface area contributed by atoms with Crippen molar-refractivity contribution in [2.24, 2.45) is 0 Å². The first-order valence-corrected chi connectivity index (χ1v) is 11.6. The lowest BCUT2D eigenvalue weighted by atomic mass is 9.95. The summed E-state index contributed by atoms with van der Waals surface area (Å²) in [6.45, 7) is 2.44. The molecule has 9 heteroatoms. The molecule has 36 heavy (non-hydrogen) atoms. The number of hydrogen-bond acceptors (Lipinski definition) is 7. The third-order valence-electron chi connectivity index (χ3n) is 6.01. The Balaban J connectivity index is 1.67. The molecule has 1 atom stereocenters. The molecule has 1 saturated heterocycles. The lowest BCUT2D eigenvalue weighted by Crippen LogP contribution is -2.29.